The van der Waals surface area contributed by atoms with Gasteiger partial charge in [-0.15, -0.1) is 5.10 Å². The summed E-state index contributed by atoms with van der Waals surface area (Å²) in [7, 11) is 3.16. The average molecular weight is 558 g/mol. The van der Waals surface area contributed by atoms with Crippen LogP contribution in [0.4, 0.5) is 13.2 Å². The van der Waals surface area contributed by atoms with Gasteiger partial charge in [0.2, 0.25) is 11.7 Å². The van der Waals surface area contributed by atoms with Crippen molar-refractivity contribution in [3.05, 3.63) is 77.4 Å². The SMILES string of the molecule is COCCN(C)C(=O)[C@H](CCc1ccccc1)NC(=O)c1nc(C2CCCC2)n(-c2ccccc2C(F)(F)F)n1. The maximum atomic E-state index is 13.9. The van der Waals surface area contributed by atoms with Crippen molar-refractivity contribution in [2.45, 2.75) is 56.7 Å². The summed E-state index contributed by atoms with van der Waals surface area (Å²) in [5.74, 6) is -1.08. The van der Waals surface area contributed by atoms with E-state index in [9.17, 15) is 22.8 Å². The van der Waals surface area contributed by atoms with Crippen LogP contribution in [0.5, 0.6) is 0 Å². The van der Waals surface area contributed by atoms with Gasteiger partial charge in [-0.2, -0.15) is 13.2 Å². The fraction of sp³-hybridized carbons (Fsp3) is 0.448. The molecule has 2 amide bonds. The van der Waals surface area contributed by atoms with Crippen LogP contribution < -0.4 is 5.32 Å². The third-order valence-corrected chi connectivity index (χ3v) is 7.17. The third kappa shape index (κ3) is 7.07. The highest BCUT2D eigenvalue weighted by atomic mass is 19.4. The number of carbonyl (C=O) groups is 2. The summed E-state index contributed by atoms with van der Waals surface area (Å²) < 4.78 is 47.8. The van der Waals surface area contributed by atoms with E-state index in [0.29, 0.717) is 31.8 Å². The lowest BCUT2D eigenvalue weighted by Crippen LogP contribution is -2.48. The van der Waals surface area contributed by atoms with Gasteiger partial charge in [0, 0.05) is 26.6 Å². The summed E-state index contributed by atoms with van der Waals surface area (Å²) in [5.41, 5.74) is -0.0370. The lowest BCUT2D eigenvalue weighted by atomic mass is 10.0. The largest absolute Gasteiger partial charge is 0.418 e. The highest BCUT2D eigenvalue weighted by Gasteiger charge is 2.36. The summed E-state index contributed by atoms with van der Waals surface area (Å²) in [6, 6.07) is 13.8. The number of hydrogen-bond acceptors (Lipinski definition) is 5. The van der Waals surface area contributed by atoms with Crippen molar-refractivity contribution in [1.29, 1.82) is 0 Å². The van der Waals surface area contributed by atoms with Crippen LogP contribution in [0.25, 0.3) is 5.69 Å². The maximum absolute atomic E-state index is 13.9. The van der Waals surface area contributed by atoms with E-state index in [4.69, 9.17) is 4.74 Å². The Morgan fingerprint density at radius 2 is 1.77 bits per heavy atom. The van der Waals surface area contributed by atoms with Gasteiger partial charge in [-0.3, -0.25) is 9.59 Å². The van der Waals surface area contributed by atoms with Crippen LogP contribution in [0.1, 0.15) is 65.6 Å². The second-order valence-electron chi connectivity index (χ2n) is 10.0. The van der Waals surface area contributed by atoms with Gasteiger partial charge in [-0.1, -0.05) is 55.3 Å². The molecule has 4 rings (SSSR count). The number of rotatable bonds is 11. The Morgan fingerprint density at radius 1 is 1.10 bits per heavy atom. The number of benzene rings is 2. The second-order valence-corrected chi connectivity index (χ2v) is 10.0. The lowest BCUT2D eigenvalue weighted by molar-refractivity contribution is -0.137. The molecule has 0 bridgehead atoms. The molecule has 0 saturated heterocycles. The first kappa shape index (κ1) is 29.3. The van der Waals surface area contributed by atoms with Crippen molar-refractivity contribution in [2.75, 3.05) is 27.3 Å². The van der Waals surface area contributed by atoms with E-state index >= 15 is 0 Å². The standard InChI is InChI=1S/C29H34F3N5O3/c1-36(18-19-40-2)28(39)23(17-16-20-10-4-3-5-11-20)33-27(38)25-34-26(21-12-6-7-13-21)37(35-25)24-15-9-8-14-22(24)29(30,31)32/h3-5,8-11,14-15,21,23H,6-7,12-13,16-19H2,1-2H3,(H,33,38)/t23-/m0/s1. The molecular formula is C29H34F3N5O3. The number of aryl methyl sites for hydroxylation is 1. The zero-order chi connectivity index (χ0) is 28.7. The van der Waals surface area contributed by atoms with Gasteiger partial charge < -0.3 is 15.0 Å². The van der Waals surface area contributed by atoms with Crippen molar-refractivity contribution in [3.8, 4) is 5.69 Å². The molecule has 1 heterocycles. The molecule has 11 heteroatoms. The minimum atomic E-state index is -4.61. The number of para-hydroxylation sites is 1. The number of halogens is 3. The maximum Gasteiger partial charge on any atom is 0.418 e. The molecule has 0 spiro atoms. The number of methoxy groups -OCH3 is 1. The Balaban J connectivity index is 1.64. The van der Waals surface area contributed by atoms with Gasteiger partial charge in [0.05, 0.1) is 17.9 Å². The molecule has 1 aliphatic rings. The molecule has 1 aromatic heterocycles. The first-order valence-electron chi connectivity index (χ1n) is 13.4. The van der Waals surface area contributed by atoms with E-state index in [2.05, 4.69) is 15.4 Å². The molecule has 8 nitrogen and oxygen atoms in total. The van der Waals surface area contributed by atoms with Crippen LogP contribution in [0, 0.1) is 0 Å². The van der Waals surface area contributed by atoms with Gasteiger partial charge in [-0.05, 0) is 43.4 Å². The van der Waals surface area contributed by atoms with E-state index in [-0.39, 0.29) is 23.3 Å². The van der Waals surface area contributed by atoms with Crippen LogP contribution in [0.15, 0.2) is 54.6 Å². The summed E-state index contributed by atoms with van der Waals surface area (Å²) in [4.78, 5) is 32.6. The van der Waals surface area contributed by atoms with Gasteiger partial charge >= 0.3 is 6.18 Å². The van der Waals surface area contributed by atoms with Gasteiger partial charge in [0.25, 0.3) is 5.91 Å². The fourth-order valence-electron chi connectivity index (χ4n) is 4.98. The highest BCUT2D eigenvalue weighted by molar-refractivity contribution is 5.94. The zero-order valence-corrected chi connectivity index (χ0v) is 22.7. The van der Waals surface area contributed by atoms with Crippen LogP contribution in [-0.4, -0.2) is 64.8 Å². The number of likely N-dealkylation sites (N-methyl/N-ethyl adjacent to an activating group) is 1. The minimum absolute atomic E-state index is 0.119. The summed E-state index contributed by atoms with van der Waals surface area (Å²) in [6.07, 6.45) is -0.428. The van der Waals surface area contributed by atoms with Crippen molar-refractivity contribution >= 4 is 11.8 Å². The molecule has 1 N–H and O–H groups in total. The Kier molecular flexibility index (Phi) is 9.57. The zero-order valence-electron chi connectivity index (χ0n) is 22.7. The Bertz CT molecular complexity index is 1290. The number of amides is 2. The Labute approximate surface area is 231 Å². The fourth-order valence-corrected chi connectivity index (χ4v) is 4.98. The van der Waals surface area contributed by atoms with Gasteiger partial charge in [-0.25, -0.2) is 9.67 Å². The third-order valence-electron chi connectivity index (χ3n) is 7.17. The van der Waals surface area contributed by atoms with Crippen LogP contribution in [-0.2, 0) is 22.1 Å². The molecule has 214 valence electrons. The molecule has 0 radical (unpaired) electrons. The molecule has 1 aliphatic carbocycles. The molecule has 1 fully saturated rings. The number of ether oxygens (including phenoxy) is 1. The van der Waals surface area contributed by atoms with Crippen LogP contribution in [0.2, 0.25) is 0 Å². The lowest BCUT2D eigenvalue weighted by Gasteiger charge is -2.24. The van der Waals surface area contributed by atoms with Gasteiger partial charge in [0.15, 0.2) is 0 Å². The second kappa shape index (κ2) is 13.1. The number of nitrogens with one attached hydrogen (secondary N) is 1. The van der Waals surface area contributed by atoms with Crippen LogP contribution >= 0.6 is 0 Å². The average Bonchev–Trinajstić information content (AvgIpc) is 3.64. The van der Waals surface area contributed by atoms with Crippen molar-refractivity contribution in [2.24, 2.45) is 0 Å². The van der Waals surface area contributed by atoms with E-state index in [1.807, 2.05) is 30.3 Å². The summed E-state index contributed by atoms with van der Waals surface area (Å²) in [6.45, 7) is 0.664. The quantitative estimate of drug-likeness (QED) is 0.367. The van der Waals surface area contributed by atoms with Crippen molar-refractivity contribution in [1.82, 2.24) is 25.0 Å². The van der Waals surface area contributed by atoms with Crippen molar-refractivity contribution in [3.63, 3.8) is 0 Å². The van der Waals surface area contributed by atoms with E-state index in [0.717, 1.165) is 42.0 Å². The number of nitrogens with zero attached hydrogens (tertiary/aromatic N) is 4. The van der Waals surface area contributed by atoms with Gasteiger partial charge in [0.1, 0.15) is 11.9 Å². The van der Waals surface area contributed by atoms with Crippen molar-refractivity contribution < 1.29 is 27.5 Å². The van der Waals surface area contributed by atoms with E-state index in [1.165, 1.54) is 30.2 Å². The van der Waals surface area contributed by atoms with E-state index in [1.54, 1.807) is 7.05 Å². The molecule has 1 saturated carbocycles. The molecule has 40 heavy (non-hydrogen) atoms. The Hall–Kier alpha value is -3.73. The number of carbonyl (C=O) groups excluding carboxylic acids is 2. The molecule has 2 aromatic carbocycles. The number of aromatic nitrogens is 3. The molecule has 3 aromatic rings. The highest BCUT2D eigenvalue weighted by Crippen LogP contribution is 2.37. The first-order chi connectivity index (χ1) is 19.2. The minimum Gasteiger partial charge on any atom is -0.383 e. The predicted octanol–water partition coefficient (Wildman–Crippen LogP) is 4.78. The van der Waals surface area contributed by atoms with E-state index < -0.39 is 23.7 Å². The number of hydrogen-bond donors (Lipinski definition) is 1. The molecular weight excluding hydrogens is 523 g/mol. The molecule has 1 atom stereocenters. The normalized spacial score (nSPS) is 14.7. The molecule has 0 aliphatic heterocycles. The summed E-state index contributed by atoms with van der Waals surface area (Å²) >= 11 is 0. The smallest absolute Gasteiger partial charge is 0.383 e. The monoisotopic (exact) mass is 557 g/mol. The molecule has 0 unspecified atom stereocenters. The topological polar surface area (TPSA) is 89.4 Å². The van der Waals surface area contributed by atoms with Crippen LogP contribution in [0.3, 0.4) is 0 Å². The Morgan fingerprint density at radius 3 is 2.45 bits per heavy atom. The number of alkyl halides is 3. The summed E-state index contributed by atoms with van der Waals surface area (Å²) in [5, 5.41) is 7.03. The first-order valence-corrected chi connectivity index (χ1v) is 13.4. The predicted molar refractivity (Wildman–Crippen MR) is 143 cm³/mol.